The van der Waals surface area contributed by atoms with Gasteiger partial charge in [-0.25, -0.2) is 0 Å². The molecular weight excluding hydrogens is 214 g/mol. The standard InChI is InChI=1S/C14H19NS/c15-14(10-5-1-2-6-10)13-9-11-7-3-4-8-12(11)16-13/h5,9,14H,1-4,6-8,15H2. The van der Waals surface area contributed by atoms with Crippen LogP contribution in [0, 0.1) is 0 Å². The molecule has 0 aliphatic heterocycles. The third kappa shape index (κ3) is 1.85. The summed E-state index contributed by atoms with van der Waals surface area (Å²) < 4.78 is 0. The van der Waals surface area contributed by atoms with Crippen LogP contribution in [0.2, 0.25) is 0 Å². The van der Waals surface area contributed by atoms with Gasteiger partial charge in [0.15, 0.2) is 0 Å². The molecule has 0 radical (unpaired) electrons. The van der Waals surface area contributed by atoms with Gasteiger partial charge in [-0.05, 0) is 56.6 Å². The minimum absolute atomic E-state index is 0.193. The molecule has 0 spiro atoms. The van der Waals surface area contributed by atoms with Gasteiger partial charge in [0.25, 0.3) is 0 Å². The Kier molecular flexibility index (Phi) is 2.86. The Morgan fingerprint density at radius 2 is 2.00 bits per heavy atom. The smallest absolute Gasteiger partial charge is 0.0605 e. The van der Waals surface area contributed by atoms with Crippen LogP contribution in [-0.4, -0.2) is 0 Å². The van der Waals surface area contributed by atoms with E-state index in [1.807, 2.05) is 11.3 Å². The van der Waals surface area contributed by atoms with Crippen molar-refractivity contribution in [2.45, 2.75) is 51.0 Å². The van der Waals surface area contributed by atoms with E-state index in [2.05, 4.69) is 12.1 Å². The second-order valence-electron chi connectivity index (χ2n) is 4.95. The van der Waals surface area contributed by atoms with Crippen molar-refractivity contribution in [1.29, 1.82) is 0 Å². The molecule has 86 valence electrons. The SMILES string of the molecule is NC(C1=CCCC1)c1cc2c(s1)CCCC2. The number of nitrogens with two attached hydrogens (primary N) is 1. The van der Waals surface area contributed by atoms with E-state index in [0.717, 1.165) is 0 Å². The van der Waals surface area contributed by atoms with E-state index < -0.39 is 0 Å². The fraction of sp³-hybridized carbons (Fsp3) is 0.571. The Morgan fingerprint density at radius 3 is 2.75 bits per heavy atom. The molecule has 0 saturated carbocycles. The van der Waals surface area contributed by atoms with Gasteiger partial charge < -0.3 is 5.73 Å². The largest absolute Gasteiger partial charge is 0.320 e. The van der Waals surface area contributed by atoms with Crippen LogP contribution in [0.15, 0.2) is 17.7 Å². The lowest BCUT2D eigenvalue weighted by Crippen LogP contribution is -2.10. The first kappa shape index (κ1) is 10.5. The third-order valence-electron chi connectivity index (χ3n) is 3.80. The van der Waals surface area contributed by atoms with Crippen LogP contribution in [0.4, 0.5) is 0 Å². The molecule has 0 bridgehead atoms. The molecule has 0 fully saturated rings. The first-order valence-corrected chi connectivity index (χ1v) is 7.22. The normalized spacial score (nSPS) is 21.7. The Morgan fingerprint density at radius 1 is 1.12 bits per heavy atom. The molecule has 0 aromatic carbocycles. The Balaban J connectivity index is 1.85. The molecule has 2 N–H and O–H groups in total. The Bertz CT molecular complexity index is 393. The van der Waals surface area contributed by atoms with E-state index in [-0.39, 0.29) is 6.04 Å². The molecule has 1 aromatic rings. The van der Waals surface area contributed by atoms with Gasteiger partial charge in [0.05, 0.1) is 6.04 Å². The van der Waals surface area contributed by atoms with E-state index >= 15 is 0 Å². The summed E-state index contributed by atoms with van der Waals surface area (Å²) >= 11 is 1.96. The maximum absolute atomic E-state index is 6.35. The molecule has 1 atom stereocenters. The van der Waals surface area contributed by atoms with Crippen molar-refractivity contribution in [1.82, 2.24) is 0 Å². The van der Waals surface area contributed by atoms with Crippen molar-refractivity contribution in [2.24, 2.45) is 5.73 Å². The number of allylic oxidation sites excluding steroid dienone is 1. The summed E-state index contributed by atoms with van der Waals surface area (Å²) in [5.41, 5.74) is 9.41. The maximum Gasteiger partial charge on any atom is 0.0605 e. The zero-order valence-corrected chi connectivity index (χ0v) is 10.5. The van der Waals surface area contributed by atoms with Gasteiger partial charge in [-0.15, -0.1) is 11.3 Å². The van der Waals surface area contributed by atoms with Crippen LogP contribution in [-0.2, 0) is 12.8 Å². The number of thiophene rings is 1. The lowest BCUT2D eigenvalue weighted by molar-refractivity contribution is 0.696. The Hall–Kier alpha value is -0.600. The van der Waals surface area contributed by atoms with Crippen LogP contribution in [0.3, 0.4) is 0 Å². The second kappa shape index (κ2) is 4.34. The first-order valence-electron chi connectivity index (χ1n) is 6.40. The van der Waals surface area contributed by atoms with Crippen molar-refractivity contribution >= 4 is 11.3 Å². The summed E-state index contributed by atoms with van der Waals surface area (Å²) in [6.07, 6.45) is 11.4. The van der Waals surface area contributed by atoms with E-state index in [4.69, 9.17) is 5.73 Å². The predicted molar refractivity (Wildman–Crippen MR) is 69.8 cm³/mol. The van der Waals surface area contributed by atoms with Gasteiger partial charge >= 0.3 is 0 Å². The van der Waals surface area contributed by atoms with E-state index in [9.17, 15) is 0 Å². The summed E-state index contributed by atoms with van der Waals surface area (Å²) in [6.45, 7) is 0. The second-order valence-corrected chi connectivity index (χ2v) is 6.12. The lowest BCUT2D eigenvalue weighted by Gasteiger charge is -2.10. The van der Waals surface area contributed by atoms with E-state index in [1.165, 1.54) is 55.4 Å². The van der Waals surface area contributed by atoms with Gasteiger partial charge in [-0.3, -0.25) is 0 Å². The van der Waals surface area contributed by atoms with Crippen molar-refractivity contribution in [3.63, 3.8) is 0 Å². The Labute approximate surface area is 101 Å². The topological polar surface area (TPSA) is 26.0 Å². The summed E-state index contributed by atoms with van der Waals surface area (Å²) in [6, 6.07) is 2.57. The molecular formula is C14H19NS. The summed E-state index contributed by atoms with van der Waals surface area (Å²) in [5, 5.41) is 0. The quantitative estimate of drug-likeness (QED) is 0.774. The van der Waals surface area contributed by atoms with Crippen LogP contribution in [0.1, 0.15) is 53.5 Å². The van der Waals surface area contributed by atoms with Crippen molar-refractivity contribution in [3.05, 3.63) is 33.0 Å². The molecule has 3 rings (SSSR count). The number of aryl methyl sites for hydroxylation is 2. The first-order chi connectivity index (χ1) is 7.84. The highest BCUT2D eigenvalue weighted by atomic mass is 32.1. The number of fused-ring (bicyclic) bond motifs is 1. The fourth-order valence-corrected chi connectivity index (χ4v) is 4.13. The maximum atomic E-state index is 6.35. The van der Waals surface area contributed by atoms with Crippen LogP contribution in [0.25, 0.3) is 0 Å². The van der Waals surface area contributed by atoms with Crippen LogP contribution >= 0.6 is 11.3 Å². The van der Waals surface area contributed by atoms with Crippen molar-refractivity contribution in [2.75, 3.05) is 0 Å². The minimum Gasteiger partial charge on any atom is -0.320 e. The highest BCUT2D eigenvalue weighted by molar-refractivity contribution is 7.12. The molecule has 0 amide bonds. The molecule has 1 heterocycles. The van der Waals surface area contributed by atoms with E-state index in [1.54, 1.807) is 10.4 Å². The molecule has 1 unspecified atom stereocenters. The predicted octanol–water partition coefficient (Wildman–Crippen LogP) is 3.74. The average Bonchev–Trinajstić information content (AvgIpc) is 2.97. The van der Waals surface area contributed by atoms with Gasteiger partial charge in [-0.1, -0.05) is 11.6 Å². The monoisotopic (exact) mass is 233 g/mol. The van der Waals surface area contributed by atoms with Gasteiger partial charge in [0.2, 0.25) is 0 Å². The van der Waals surface area contributed by atoms with Crippen LogP contribution < -0.4 is 5.73 Å². The molecule has 2 aliphatic carbocycles. The average molecular weight is 233 g/mol. The molecule has 1 aromatic heterocycles. The van der Waals surface area contributed by atoms with E-state index in [0.29, 0.717) is 0 Å². The molecule has 0 saturated heterocycles. The number of hydrogen-bond donors (Lipinski definition) is 1. The van der Waals surface area contributed by atoms with Gasteiger partial charge in [0, 0.05) is 9.75 Å². The van der Waals surface area contributed by atoms with Crippen LogP contribution in [0.5, 0.6) is 0 Å². The fourth-order valence-electron chi connectivity index (χ4n) is 2.83. The zero-order chi connectivity index (χ0) is 11.0. The highest BCUT2D eigenvalue weighted by Gasteiger charge is 2.20. The number of hydrogen-bond acceptors (Lipinski definition) is 2. The number of rotatable bonds is 2. The van der Waals surface area contributed by atoms with Crippen molar-refractivity contribution in [3.8, 4) is 0 Å². The molecule has 2 heteroatoms. The summed E-state index contributed by atoms with van der Waals surface area (Å²) in [4.78, 5) is 3.01. The molecule has 16 heavy (non-hydrogen) atoms. The third-order valence-corrected chi connectivity index (χ3v) is 5.12. The van der Waals surface area contributed by atoms with Crippen molar-refractivity contribution < 1.29 is 0 Å². The molecule has 2 aliphatic rings. The zero-order valence-electron chi connectivity index (χ0n) is 9.67. The highest BCUT2D eigenvalue weighted by Crippen LogP contribution is 2.36. The molecule has 1 nitrogen and oxygen atoms in total. The van der Waals surface area contributed by atoms with Gasteiger partial charge in [-0.2, -0.15) is 0 Å². The lowest BCUT2D eigenvalue weighted by atomic mass is 9.98. The minimum atomic E-state index is 0.193. The summed E-state index contributed by atoms with van der Waals surface area (Å²) in [7, 11) is 0. The van der Waals surface area contributed by atoms with Gasteiger partial charge in [0.1, 0.15) is 0 Å². The summed E-state index contributed by atoms with van der Waals surface area (Å²) in [5.74, 6) is 0.